The minimum Gasteiger partial charge on any atom is -0.480 e. The lowest BCUT2D eigenvalue weighted by Gasteiger charge is -2.13. The zero-order chi connectivity index (χ0) is 14.5. The van der Waals surface area contributed by atoms with Crippen molar-refractivity contribution < 1.29 is 14.7 Å². The van der Waals surface area contributed by atoms with Gasteiger partial charge in [-0.2, -0.15) is 16.4 Å². The van der Waals surface area contributed by atoms with E-state index >= 15 is 0 Å². The van der Waals surface area contributed by atoms with Crippen LogP contribution in [0.1, 0.15) is 30.1 Å². The number of aromatic amines is 1. The molecule has 2 heterocycles. The maximum Gasteiger partial charge on any atom is 0.326 e. The number of nitrogens with zero attached hydrogens (tertiary/aromatic N) is 1. The van der Waals surface area contributed by atoms with Gasteiger partial charge in [-0.1, -0.05) is 13.3 Å². The van der Waals surface area contributed by atoms with Crippen molar-refractivity contribution in [3.8, 4) is 11.3 Å². The summed E-state index contributed by atoms with van der Waals surface area (Å²) in [6, 6.07) is 0.994. The maximum absolute atomic E-state index is 12.2. The van der Waals surface area contributed by atoms with Crippen molar-refractivity contribution in [3.63, 3.8) is 0 Å². The second-order valence-electron chi connectivity index (χ2n) is 4.32. The normalized spacial score (nSPS) is 12.1. The maximum atomic E-state index is 12.2. The van der Waals surface area contributed by atoms with Crippen LogP contribution in [0.5, 0.6) is 0 Å². The molecule has 2 aromatic rings. The largest absolute Gasteiger partial charge is 0.480 e. The number of carboxylic acid groups (broad SMARTS) is 1. The van der Waals surface area contributed by atoms with Crippen LogP contribution in [0.25, 0.3) is 11.3 Å². The number of rotatable bonds is 6. The molecular weight excluding hydrogens is 278 g/mol. The van der Waals surface area contributed by atoms with Crippen molar-refractivity contribution in [2.45, 2.75) is 25.8 Å². The Labute approximate surface area is 119 Å². The van der Waals surface area contributed by atoms with E-state index in [0.717, 1.165) is 5.56 Å². The fourth-order valence-electron chi connectivity index (χ4n) is 1.87. The molecule has 20 heavy (non-hydrogen) atoms. The van der Waals surface area contributed by atoms with E-state index in [1.165, 1.54) is 17.5 Å². The lowest BCUT2D eigenvalue weighted by atomic mass is 10.1. The van der Waals surface area contributed by atoms with Crippen LogP contribution >= 0.6 is 11.3 Å². The molecular formula is C13H15N3O3S. The molecule has 0 bridgehead atoms. The van der Waals surface area contributed by atoms with Gasteiger partial charge in [0, 0.05) is 10.9 Å². The Morgan fingerprint density at radius 2 is 2.35 bits per heavy atom. The lowest BCUT2D eigenvalue weighted by molar-refractivity contribution is -0.139. The first-order chi connectivity index (χ1) is 9.63. The van der Waals surface area contributed by atoms with Gasteiger partial charge in [-0.25, -0.2) is 4.79 Å². The average Bonchev–Trinajstić information content (AvgIpc) is 3.08. The summed E-state index contributed by atoms with van der Waals surface area (Å²) in [6.07, 6.45) is 2.49. The molecule has 2 aromatic heterocycles. The molecule has 0 spiro atoms. The number of hydrogen-bond donors (Lipinski definition) is 3. The highest BCUT2D eigenvalue weighted by Gasteiger charge is 2.22. The van der Waals surface area contributed by atoms with Crippen LogP contribution in [0.2, 0.25) is 0 Å². The summed E-state index contributed by atoms with van der Waals surface area (Å²) in [7, 11) is 0. The third-order valence-corrected chi connectivity index (χ3v) is 3.56. The number of carboxylic acids is 1. The summed E-state index contributed by atoms with van der Waals surface area (Å²) < 4.78 is 0. The number of amides is 1. The van der Waals surface area contributed by atoms with Crippen molar-refractivity contribution >= 4 is 23.2 Å². The topological polar surface area (TPSA) is 95.1 Å². The van der Waals surface area contributed by atoms with E-state index in [9.17, 15) is 9.59 Å². The Morgan fingerprint density at radius 3 is 2.95 bits per heavy atom. The number of aliphatic carboxylic acids is 1. The molecule has 6 nitrogen and oxygen atoms in total. The van der Waals surface area contributed by atoms with Crippen LogP contribution in [0, 0.1) is 0 Å². The van der Waals surface area contributed by atoms with E-state index in [4.69, 9.17) is 5.11 Å². The lowest BCUT2D eigenvalue weighted by Crippen LogP contribution is -2.40. The number of thiophene rings is 1. The summed E-state index contributed by atoms with van der Waals surface area (Å²) in [4.78, 5) is 23.3. The first-order valence-electron chi connectivity index (χ1n) is 6.23. The molecule has 0 saturated carbocycles. The Balaban J connectivity index is 2.18. The molecule has 106 valence electrons. The van der Waals surface area contributed by atoms with Crippen LogP contribution in [-0.2, 0) is 4.79 Å². The van der Waals surface area contributed by atoms with Gasteiger partial charge in [-0.3, -0.25) is 9.89 Å². The Kier molecular flexibility index (Phi) is 4.52. The molecule has 0 fully saturated rings. The summed E-state index contributed by atoms with van der Waals surface area (Å²) in [5, 5.41) is 22.0. The second kappa shape index (κ2) is 6.33. The quantitative estimate of drug-likeness (QED) is 0.760. The van der Waals surface area contributed by atoms with E-state index < -0.39 is 17.9 Å². The highest BCUT2D eigenvalue weighted by Crippen LogP contribution is 2.23. The molecule has 1 atom stereocenters. The Morgan fingerprint density at radius 1 is 1.55 bits per heavy atom. The van der Waals surface area contributed by atoms with Crippen molar-refractivity contribution in [3.05, 3.63) is 28.6 Å². The van der Waals surface area contributed by atoms with Gasteiger partial charge in [-0.15, -0.1) is 0 Å². The van der Waals surface area contributed by atoms with Crippen LogP contribution < -0.4 is 5.32 Å². The van der Waals surface area contributed by atoms with Gasteiger partial charge in [0.2, 0.25) is 0 Å². The molecule has 1 amide bonds. The van der Waals surface area contributed by atoms with E-state index in [-0.39, 0.29) is 0 Å². The third kappa shape index (κ3) is 3.05. The molecule has 0 saturated heterocycles. The van der Waals surface area contributed by atoms with E-state index in [1.54, 1.807) is 0 Å². The van der Waals surface area contributed by atoms with Crippen LogP contribution in [0.4, 0.5) is 0 Å². The van der Waals surface area contributed by atoms with Crippen LogP contribution in [0.3, 0.4) is 0 Å². The SMILES string of the molecule is CCCC(NC(=O)c1cn[nH]c1-c1ccsc1)C(=O)O. The molecule has 0 aliphatic carbocycles. The number of aromatic nitrogens is 2. The van der Waals surface area contributed by atoms with Gasteiger partial charge in [0.25, 0.3) is 5.91 Å². The summed E-state index contributed by atoms with van der Waals surface area (Å²) in [5.41, 5.74) is 1.81. The predicted molar refractivity (Wildman–Crippen MR) is 75.7 cm³/mol. The van der Waals surface area contributed by atoms with Crippen LogP contribution in [0.15, 0.2) is 23.0 Å². The van der Waals surface area contributed by atoms with E-state index in [2.05, 4.69) is 15.5 Å². The van der Waals surface area contributed by atoms with E-state index in [0.29, 0.717) is 24.1 Å². The first kappa shape index (κ1) is 14.3. The molecule has 0 aromatic carbocycles. The Hall–Kier alpha value is -2.15. The van der Waals surface area contributed by atoms with E-state index in [1.807, 2.05) is 23.8 Å². The van der Waals surface area contributed by atoms with Crippen molar-refractivity contribution in [2.24, 2.45) is 0 Å². The smallest absolute Gasteiger partial charge is 0.326 e. The van der Waals surface area contributed by atoms with Gasteiger partial charge in [-0.05, 0) is 17.9 Å². The number of carbonyl (C=O) groups excluding carboxylic acids is 1. The zero-order valence-corrected chi connectivity index (χ0v) is 11.7. The summed E-state index contributed by atoms with van der Waals surface area (Å²) in [6.45, 7) is 1.87. The highest BCUT2D eigenvalue weighted by molar-refractivity contribution is 7.08. The standard InChI is InChI=1S/C13H15N3O3S/c1-2-3-10(13(18)19)15-12(17)9-6-14-16-11(9)8-4-5-20-7-8/h4-7,10H,2-3H2,1H3,(H,14,16)(H,15,17)(H,18,19). The first-order valence-corrected chi connectivity index (χ1v) is 7.17. The molecule has 0 aliphatic heterocycles. The van der Waals surface area contributed by atoms with Crippen molar-refractivity contribution in [1.82, 2.24) is 15.5 Å². The molecule has 0 aliphatic rings. The molecule has 1 unspecified atom stereocenters. The Bertz CT molecular complexity index is 592. The molecule has 3 N–H and O–H groups in total. The van der Waals surface area contributed by atoms with Crippen LogP contribution in [-0.4, -0.2) is 33.2 Å². The summed E-state index contributed by atoms with van der Waals surface area (Å²) in [5.74, 6) is -1.46. The van der Waals surface area contributed by atoms with Gasteiger partial charge in [0.1, 0.15) is 6.04 Å². The zero-order valence-electron chi connectivity index (χ0n) is 10.9. The summed E-state index contributed by atoms with van der Waals surface area (Å²) >= 11 is 1.51. The van der Waals surface area contributed by atoms with Gasteiger partial charge in [0.05, 0.1) is 17.5 Å². The monoisotopic (exact) mass is 293 g/mol. The molecule has 0 radical (unpaired) electrons. The fraction of sp³-hybridized carbons (Fsp3) is 0.308. The van der Waals surface area contributed by atoms with Gasteiger partial charge < -0.3 is 10.4 Å². The van der Waals surface area contributed by atoms with Crippen molar-refractivity contribution in [2.75, 3.05) is 0 Å². The minimum atomic E-state index is -1.03. The fourth-order valence-corrected chi connectivity index (χ4v) is 2.51. The number of H-pyrrole nitrogens is 1. The highest BCUT2D eigenvalue weighted by atomic mass is 32.1. The van der Waals surface area contributed by atoms with Gasteiger partial charge >= 0.3 is 5.97 Å². The molecule has 2 rings (SSSR count). The third-order valence-electron chi connectivity index (χ3n) is 2.87. The van der Waals surface area contributed by atoms with Gasteiger partial charge in [0.15, 0.2) is 0 Å². The predicted octanol–water partition coefficient (Wildman–Crippen LogP) is 2.12. The number of nitrogens with one attached hydrogen (secondary N) is 2. The minimum absolute atomic E-state index is 0.353. The van der Waals surface area contributed by atoms with Crippen molar-refractivity contribution in [1.29, 1.82) is 0 Å². The second-order valence-corrected chi connectivity index (χ2v) is 5.10. The number of hydrogen-bond acceptors (Lipinski definition) is 4. The molecule has 7 heteroatoms. The average molecular weight is 293 g/mol. The number of carbonyl (C=O) groups is 2.